The van der Waals surface area contributed by atoms with E-state index in [2.05, 4.69) is 0 Å². The monoisotopic (exact) mass is 453 g/mol. The van der Waals surface area contributed by atoms with E-state index < -0.39 is 17.7 Å². The van der Waals surface area contributed by atoms with E-state index in [4.69, 9.17) is 9.47 Å². The Kier molecular flexibility index (Phi) is 7.28. The number of ketones is 1. The molecule has 1 amide bonds. The average molecular weight is 454 g/mol. The Balaban J connectivity index is 2.23. The van der Waals surface area contributed by atoms with Gasteiger partial charge in [0.15, 0.2) is 0 Å². The van der Waals surface area contributed by atoms with Gasteiger partial charge >= 0.3 is 0 Å². The SMILES string of the molecule is COc1cccc(OC)c1/C(O)=C1\C(=O)C(=O)N(CCN(C)C)C1c1ccc(N(C)C)cc1. The number of likely N-dealkylation sites (N-methyl/N-ethyl adjacent to an activating group) is 1. The standard InChI is InChI=1S/C25H31N3O5/c1-26(2)14-15-28-22(16-10-12-17(13-11-16)27(3)4)21(24(30)25(28)31)23(29)20-18(32-5)8-7-9-19(20)33-6/h7-13,22,29H,14-15H2,1-6H3/b23-21+. The highest BCUT2D eigenvalue weighted by atomic mass is 16.5. The molecular formula is C25H31N3O5. The number of aliphatic hydroxyl groups is 1. The molecule has 2 aromatic rings. The summed E-state index contributed by atoms with van der Waals surface area (Å²) in [5, 5.41) is 11.4. The fraction of sp³-hybridized carbons (Fsp3) is 0.360. The summed E-state index contributed by atoms with van der Waals surface area (Å²) in [6, 6.07) is 11.9. The molecule has 0 radical (unpaired) electrons. The summed E-state index contributed by atoms with van der Waals surface area (Å²) in [4.78, 5) is 31.7. The smallest absolute Gasteiger partial charge is 0.295 e. The summed E-state index contributed by atoms with van der Waals surface area (Å²) in [5.41, 5.74) is 1.96. The number of carbonyl (C=O) groups is 2. The molecule has 1 aliphatic heterocycles. The normalized spacial score (nSPS) is 17.5. The zero-order chi connectivity index (χ0) is 24.3. The lowest BCUT2D eigenvalue weighted by Crippen LogP contribution is -2.35. The van der Waals surface area contributed by atoms with Crippen molar-refractivity contribution >= 4 is 23.1 Å². The van der Waals surface area contributed by atoms with Crippen LogP contribution in [-0.2, 0) is 9.59 Å². The third-order valence-corrected chi connectivity index (χ3v) is 5.72. The first-order valence-corrected chi connectivity index (χ1v) is 10.6. The Morgan fingerprint density at radius 1 is 0.970 bits per heavy atom. The van der Waals surface area contributed by atoms with Crippen LogP contribution < -0.4 is 14.4 Å². The maximum atomic E-state index is 13.2. The lowest BCUT2D eigenvalue weighted by molar-refractivity contribution is -0.140. The van der Waals surface area contributed by atoms with Crippen LogP contribution in [0.25, 0.3) is 5.76 Å². The highest BCUT2D eigenvalue weighted by Crippen LogP contribution is 2.43. The van der Waals surface area contributed by atoms with E-state index in [0.29, 0.717) is 24.6 Å². The highest BCUT2D eigenvalue weighted by molar-refractivity contribution is 6.46. The number of aliphatic hydroxyl groups excluding tert-OH is 1. The first kappa shape index (κ1) is 24.1. The predicted molar refractivity (Wildman–Crippen MR) is 128 cm³/mol. The van der Waals surface area contributed by atoms with E-state index in [9.17, 15) is 14.7 Å². The Morgan fingerprint density at radius 2 is 1.55 bits per heavy atom. The van der Waals surface area contributed by atoms with Gasteiger partial charge in [0.25, 0.3) is 11.7 Å². The summed E-state index contributed by atoms with van der Waals surface area (Å²) in [6.07, 6.45) is 0. The van der Waals surface area contributed by atoms with Crippen LogP contribution in [0, 0.1) is 0 Å². The minimum absolute atomic E-state index is 0.0131. The fourth-order valence-electron chi connectivity index (χ4n) is 3.94. The number of carbonyl (C=O) groups excluding carboxylic acids is 2. The molecule has 0 saturated carbocycles. The molecule has 1 N–H and O–H groups in total. The number of amides is 1. The second-order valence-electron chi connectivity index (χ2n) is 8.32. The number of hydrogen-bond acceptors (Lipinski definition) is 7. The fourth-order valence-corrected chi connectivity index (χ4v) is 3.94. The van der Waals surface area contributed by atoms with Crippen LogP contribution in [0.2, 0.25) is 0 Å². The number of anilines is 1. The number of Topliss-reactive ketones (excluding diaryl/α,β-unsaturated/α-hetero) is 1. The van der Waals surface area contributed by atoms with Gasteiger partial charge in [-0.15, -0.1) is 0 Å². The third-order valence-electron chi connectivity index (χ3n) is 5.72. The van der Waals surface area contributed by atoms with Crippen LogP contribution in [0.4, 0.5) is 5.69 Å². The zero-order valence-electron chi connectivity index (χ0n) is 20.0. The Hall–Kier alpha value is -3.52. The maximum absolute atomic E-state index is 13.2. The summed E-state index contributed by atoms with van der Waals surface area (Å²) >= 11 is 0. The van der Waals surface area contributed by atoms with E-state index in [-0.39, 0.29) is 16.9 Å². The van der Waals surface area contributed by atoms with Crippen LogP contribution in [0.15, 0.2) is 48.0 Å². The topological polar surface area (TPSA) is 82.5 Å². The Bertz CT molecular complexity index is 1040. The molecule has 3 rings (SSSR count). The van der Waals surface area contributed by atoms with Crippen molar-refractivity contribution in [2.75, 3.05) is 60.4 Å². The van der Waals surface area contributed by atoms with Crippen molar-refractivity contribution in [3.8, 4) is 11.5 Å². The van der Waals surface area contributed by atoms with Gasteiger partial charge in [-0.25, -0.2) is 0 Å². The van der Waals surface area contributed by atoms with Crippen LogP contribution in [0.1, 0.15) is 17.2 Å². The van der Waals surface area contributed by atoms with E-state index in [1.807, 2.05) is 62.3 Å². The number of benzene rings is 2. The number of methoxy groups -OCH3 is 2. The lowest BCUT2D eigenvalue weighted by atomic mass is 9.94. The first-order chi connectivity index (χ1) is 15.7. The summed E-state index contributed by atoms with van der Waals surface area (Å²) < 4.78 is 10.8. The van der Waals surface area contributed by atoms with Crippen molar-refractivity contribution in [3.63, 3.8) is 0 Å². The van der Waals surface area contributed by atoms with Crippen LogP contribution in [0.5, 0.6) is 11.5 Å². The van der Waals surface area contributed by atoms with Crippen molar-refractivity contribution in [2.24, 2.45) is 0 Å². The van der Waals surface area contributed by atoms with Crippen molar-refractivity contribution < 1.29 is 24.2 Å². The van der Waals surface area contributed by atoms with Gasteiger partial charge in [-0.1, -0.05) is 18.2 Å². The molecule has 1 fully saturated rings. The van der Waals surface area contributed by atoms with Gasteiger partial charge in [0.2, 0.25) is 0 Å². The van der Waals surface area contributed by atoms with E-state index in [1.54, 1.807) is 18.2 Å². The minimum atomic E-state index is -0.740. The second kappa shape index (κ2) is 9.95. The van der Waals surface area contributed by atoms with Gasteiger partial charge in [0.05, 0.1) is 25.8 Å². The van der Waals surface area contributed by atoms with Gasteiger partial charge in [0.1, 0.15) is 22.8 Å². The maximum Gasteiger partial charge on any atom is 0.295 e. The van der Waals surface area contributed by atoms with Crippen molar-refractivity contribution in [3.05, 3.63) is 59.2 Å². The molecule has 8 nitrogen and oxygen atoms in total. The molecule has 8 heteroatoms. The van der Waals surface area contributed by atoms with Gasteiger partial charge in [0, 0.05) is 32.9 Å². The molecule has 1 saturated heterocycles. The zero-order valence-corrected chi connectivity index (χ0v) is 20.0. The van der Waals surface area contributed by atoms with Gasteiger partial charge < -0.3 is 29.3 Å². The molecule has 0 spiro atoms. The highest BCUT2D eigenvalue weighted by Gasteiger charge is 2.46. The molecular weight excluding hydrogens is 422 g/mol. The number of likely N-dealkylation sites (tertiary alicyclic amines) is 1. The van der Waals surface area contributed by atoms with Crippen LogP contribution >= 0.6 is 0 Å². The molecule has 176 valence electrons. The molecule has 1 aliphatic rings. The summed E-state index contributed by atoms with van der Waals surface area (Å²) in [6.45, 7) is 0.898. The molecule has 1 heterocycles. The number of rotatable bonds is 8. The molecule has 1 atom stereocenters. The quantitative estimate of drug-likeness (QED) is 0.374. The molecule has 2 aromatic carbocycles. The third kappa shape index (κ3) is 4.66. The van der Waals surface area contributed by atoms with E-state index >= 15 is 0 Å². The molecule has 0 bridgehead atoms. The first-order valence-electron chi connectivity index (χ1n) is 10.6. The van der Waals surface area contributed by atoms with E-state index in [1.165, 1.54) is 19.1 Å². The van der Waals surface area contributed by atoms with Gasteiger partial charge in [-0.3, -0.25) is 9.59 Å². The van der Waals surface area contributed by atoms with Crippen LogP contribution in [-0.4, -0.2) is 82.1 Å². The molecule has 0 aliphatic carbocycles. The van der Waals surface area contributed by atoms with Gasteiger partial charge in [-0.05, 0) is 43.9 Å². The van der Waals surface area contributed by atoms with E-state index in [0.717, 1.165) is 11.3 Å². The van der Waals surface area contributed by atoms with Crippen molar-refractivity contribution in [1.82, 2.24) is 9.80 Å². The molecule has 0 aromatic heterocycles. The minimum Gasteiger partial charge on any atom is -0.506 e. The summed E-state index contributed by atoms with van der Waals surface area (Å²) in [7, 11) is 10.6. The average Bonchev–Trinajstić information content (AvgIpc) is 3.06. The summed E-state index contributed by atoms with van der Waals surface area (Å²) in [5.74, 6) is -1.02. The second-order valence-corrected chi connectivity index (χ2v) is 8.32. The Labute approximate surface area is 194 Å². The number of ether oxygens (including phenoxy) is 2. The van der Waals surface area contributed by atoms with Crippen LogP contribution in [0.3, 0.4) is 0 Å². The number of nitrogens with zero attached hydrogens (tertiary/aromatic N) is 3. The van der Waals surface area contributed by atoms with Crippen molar-refractivity contribution in [2.45, 2.75) is 6.04 Å². The molecule has 33 heavy (non-hydrogen) atoms. The molecule has 1 unspecified atom stereocenters. The predicted octanol–water partition coefficient (Wildman–Crippen LogP) is 2.75. The van der Waals surface area contributed by atoms with Crippen molar-refractivity contribution in [1.29, 1.82) is 0 Å². The van der Waals surface area contributed by atoms with Gasteiger partial charge in [-0.2, -0.15) is 0 Å². The largest absolute Gasteiger partial charge is 0.506 e. The Morgan fingerprint density at radius 3 is 2.03 bits per heavy atom. The number of hydrogen-bond donors (Lipinski definition) is 1. The lowest BCUT2D eigenvalue weighted by Gasteiger charge is -2.27.